The molecule has 1 atom stereocenters. The van der Waals surface area contributed by atoms with Gasteiger partial charge in [0.15, 0.2) is 0 Å². The zero-order valence-corrected chi connectivity index (χ0v) is 14.7. The van der Waals surface area contributed by atoms with E-state index in [0.717, 1.165) is 6.42 Å². The molecule has 3 rings (SSSR count). The van der Waals surface area contributed by atoms with Gasteiger partial charge in [-0.15, -0.1) is 0 Å². The molecule has 1 aliphatic heterocycles. The minimum atomic E-state index is -0.487. The molecule has 8 heteroatoms. The van der Waals surface area contributed by atoms with Gasteiger partial charge in [-0.1, -0.05) is 6.92 Å². The van der Waals surface area contributed by atoms with Crippen LogP contribution in [0.4, 0.5) is 15.9 Å². The van der Waals surface area contributed by atoms with Crippen LogP contribution in [0, 0.1) is 5.82 Å². The number of hydrogen-bond acceptors (Lipinski definition) is 5. The lowest BCUT2D eigenvalue weighted by atomic mass is 10.1. The smallest absolute Gasteiger partial charge is 0.253 e. The Balaban J connectivity index is 2.02. The summed E-state index contributed by atoms with van der Waals surface area (Å²) < 4.78 is 19.4. The summed E-state index contributed by atoms with van der Waals surface area (Å²) in [7, 11) is 0. The highest BCUT2D eigenvalue weighted by Gasteiger charge is 2.21. The Morgan fingerprint density at radius 3 is 3.00 bits per heavy atom. The van der Waals surface area contributed by atoms with E-state index in [0.29, 0.717) is 36.8 Å². The Morgan fingerprint density at radius 1 is 1.46 bits per heavy atom. The zero-order valence-electron chi connectivity index (χ0n) is 14.7. The van der Waals surface area contributed by atoms with Gasteiger partial charge in [0, 0.05) is 31.6 Å². The summed E-state index contributed by atoms with van der Waals surface area (Å²) in [5.41, 5.74) is 0.356. The van der Waals surface area contributed by atoms with Gasteiger partial charge in [0.05, 0.1) is 18.4 Å². The second kappa shape index (κ2) is 7.65. The van der Waals surface area contributed by atoms with Crippen LogP contribution in [0.1, 0.15) is 20.3 Å². The predicted octanol–water partition coefficient (Wildman–Crippen LogP) is 2.15. The number of aromatic amines is 1. The van der Waals surface area contributed by atoms with Crippen molar-refractivity contribution in [2.24, 2.45) is 0 Å². The number of carbonyl (C=O) groups is 1. The molecule has 1 amide bonds. The van der Waals surface area contributed by atoms with Crippen LogP contribution in [-0.4, -0.2) is 41.7 Å². The van der Waals surface area contributed by atoms with Gasteiger partial charge in [-0.25, -0.2) is 9.37 Å². The fourth-order valence-corrected chi connectivity index (χ4v) is 2.92. The lowest BCUT2D eigenvalue weighted by molar-refractivity contribution is -0.114. The Kier molecular flexibility index (Phi) is 5.32. The number of halogens is 1. The van der Waals surface area contributed by atoms with E-state index in [1.165, 1.54) is 31.2 Å². The number of H-pyrrole nitrogens is 1. The number of amides is 1. The molecule has 1 aromatic carbocycles. The topological polar surface area (TPSA) is 87.3 Å². The molecule has 1 aromatic heterocycles. The first-order chi connectivity index (χ1) is 12.5. The van der Waals surface area contributed by atoms with E-state index in [2.05, 4.69) is 15.3 Å². The van der Waals surface area contributed by atoms with Crippen LogP contribution < -0.4 is 15.8 Å². The van der Waals surface area contributed by atoms with Crippen molar-refractivity contribution in [2.75, 3.05) is 29.9 Å². The summed E-state index contributed by atoms with van der Waals surface area (Å²) in [6, 6.07) is 5.34. The number of nitrogens with one attached hydrogen (secondary N) is 2. The summed E-state index contributed by atoms with van der Waals surface area (Å²) in [4.78, 5) is 32.7. The second-order valence-electron chi connectivity index (χ2n) is 6.17. The molecular weight excluding hydrogens is 339 g/mol. The number of rotatable bonds is 4. The van der Waals surface area contributed by atoms with Crippen LogP contribution in [0.2, 0.25) is 0 Å². The lowest BCUT2D eigenvalue weighted by Gasteiger charge is -2.33. The van der Waals surface area contributed by atoms with E-state index in [9.17, 15) is 14.0 Å². The number of ether oxygens (including phenoxy) is 1. The summed E-state index contributed by atoms with van der Waals surface area (Å²) in [5, 5.41) is 2.63. The van der Waals surface area contributed by atoms with Gasteiger partial charge in [0.25, 0.3) is 5.56 Å². The zero-order chi connectivity index (χ0) is 18.7. The molecule has 26 heavy (non-hydrogen) atoms. The van der Waals surface area contributed by atoms with Crippen LogP contribution in [-0.2, 0) is 9.53 Å². The van der Waals surface area contributed by atoms with E-state index >= 15 is 0 Å². The van der Waals surface area contributed by atoms with E-state index in [4.69, 9.17) is 4.74 Å². The van der Waals surface area contributed by atoms with Crippen LogP contribution in [0.3, 0.4) is 0 Å². The average molecular weight is 360 g/mol. The van der Waals surface area contributed by atoms with Crippen molar-refractivity contribution in [2.45, 2.75) is 26.4 Å². The quantitative estimate of drug-likeness (QED) is 0.872. The molecule has 1 fully saturated rings. The number of hydrogen-bond donors (Lipinski definition) is 2. The van der Waals surface area contributed by atoms with Crippen molar-refractivity contribution in [1.29, 1.82) is 0 Å². The molecule has 0 saturated carbocycles. The number of carbonyl (C=O) groups excluding carboxylic acids is 1. The normalized spacial score (nSPS) is 17.2. The molecule has 0 radical (unpaired) electrons. The summed E-state index contributed by atoms with van der Waals surface area (Å²) in [6.45, 7) is 5.21. The van der Waals surface area contributed by atoms with Crippen LogP contribution in [0.15, 0.2) is 29.1 Å². The monoisotopic (exact) mass is 360 g/mol. The fraction of sp³-hybridized carbons (Fsp3) is 0.389. The maximum Gasteiger partial charge on any atom is 0.253 e. The summed E-state index contributed by atoms with van der Waals surface area (Å²) in [5.74, 6) is -0.0753. The molecule has 2 heterocycles. The number of morpholine rings is 1. The van der Waals surface area contributed by atoms with Crippen molar-refractivity contribution >= 4 is 17.4 Å². The summed E-state index contributed by atoms with van der Waals surface area (Å²) >= 11 is 0. The third kappa shape index (κ3) is 4.08. The highest BCUT2D eigenvalue weighted by Crippen LogP contribution is 2.27. The van der Waals surface area contributed by atoms with Gasteiger partial charge in [-0.05, 0) is 24.6 Å². The summed E-state index contributed by atoms with van der Waals surface area (Å²) in [6.07, 6.45) is 0.945. The van der Waals surface area contributed by atoms with Crippen LogP contribution in [0.25, 0.3) is 11.4 Å². The highest BCUT2D eigenvalue weighted by molar-refractivity contribution is 5.93. The molecule has 138 valence electrons. The standard InChI is InChI=1S/C18H21FN4O3/c1-3-13-10-23(6-7-26-13)16-9-17(25)22-18(21-16)14-8-12(19)4-5-15(14)20-11(2)24/h4-5,8-9,13H,3,6-7,10H2,1-2H3,(H,20,24)(H,21,22,25). The third-order valence-corrected chi connectivity index (χ3v) is 4.19. The predicted molar refractivity (Wildman–Crippen MR) is 96.8 cm³/mol. The van der Waals surface area contributed by atoms with Crippen LogP contribution in [0.5, 0.6) is 0 Å². The molecule has 7 nitrogen and oxygen atoms in total. The third-order valence-electron chi connectivity index (χ3n) is 4.19. The van der Waals surface area contributed by atoms with Gasteiger partial charge in [0.1, 0.15) is 17.5 Å². The molecule has 0 spiro atoms. The fourth-order valence-electron chi connectivity index (χ4n) is 2.92. The van der Waals surface area contributed by atoms with E-state index in [-0.39, 0.29) is 23.4 Å². The molecule has 1 aliphatic rings. The highest BCUT2D eigenvalue weighted by atomic mass is 19.1. The Morgan fingerprint density at radius 2 is 2.27 bits per heavy atom. The van der Waals surface area contributed by atoms with Gasteiger partial charge in [0.2, 0.25) is 5.91 Å². The van der Waals surface area contributed by atoms with Crippen molar-refractivity contribution in [3.63, 3.8) is 0 Å². The van der Waals surface area contributed by atoms with Gasteiger partial charge in [-0.3, -0.25) is 9.59 Å². The first kappa shape index (κ1) is 18.1. The Labute approximate surface area is 150 Å². The SMILES string of the molecule is CCC1CN(c2cc(=O)[nH]c(-c3cc(F)ccc3NC(C)=O)n2)CCO1. The average Bonchev–Trinajstić information content (AvgIpc) is 2.62. The lowest BCUT2D eigenvalue weighted by Crippen LogP contribution is -2.43. The molecule has 0 aliphatic carbocycles. The molecule has 0 bridgehead atoms. The maximum absolute atomic E-state index is 13.8. The number of nitrogens with zero attached hydrogens (tertiary/aromatic N) is 2. The first-order valence-corrected chi connectivity index (χ1v) is 8.51. The van der Waals surface area contributed by atoms with Gasteiger partial charge in [-0.2, -0.15) is 0 Å². The van der Waals surface area contributed by atoms with Crippen LogP contribution >= 0.6 is 0 Å². The number of benzene rings is 1. The van der Waals surface area contributed by atoms with Crippen molar-refractivity contribution in [3.8, 4) is 11.4 Å². The minimum absolute atomic E-state index is 0.0809. The molecule has 1 saturated heterocycles. The Bertz CT molecular complexity index is 868. The second-order valence-corrected chi connectivity index (χ2v) is 6.17. The van der Waals surface area contributed by atoms with Gasteiger partial charge >= 0.3 is 0 Å². The van der Waals surface area contributed by atoms with E-state index < -0.39 is 5.82 Å². The molecule has 2 aromatic rings. The van der Waals surface area contributed by atoms with Crippen molar-refractivity contribution in [3.05, 3.63) is 40.4 Å². The molecule has 2 N–H and O–H groups in total. The largest absolute Gasteiger partial charge is 0.375 e. The van der Waals surface area contributed by atoms with Gasteiger partial charge < -0.3 is 19.9 Å². The Hall–Kier alpha value is -2.74. The molecule has 1 unspecified atom stereocenters. The maximum atomic E-state index is 13.8. The first-order valence-electron chi connectivity index (χ1n) is 8.51. The van der Waals surface area contributed by atoms with Crippen molar-refractivity contribution < 1.29 is 13.9 Å². The molecular formula is C18H21FN4O3. The number of anilines is 2. The minimum Gasteiger partial charge on any atom is -0.375 e. The number of aromatic nitrogens is 2. The van der Waals surface area contributed by atoms with Crippen molar-refractivity contribution in [1.82, 2.24) is 9.97 Å². The van der Waals surface area contributed by atoms with E-state index in [1.807, 2.05) is 11.8 Å². The van der Waals surface area contributed by atoms with E-state index in [1.54, 1.807) is 0 Å².